The third-order valence-corrected chi connectivity index (χ3v) is 5.71. The molecular weight excluding hydrogens is 284 g/mol. The van der Waals surface area contributed by atoms with Gasteiger partial charge in [0.25, 0.3) is 0 Å². The van der Waals surface area contributed by atoms with E-state index >= 15 is 0 Å². The van der Waals surface area contributed by atoms with E-state index in [2.05, 4.69) is 23.4 Å². The molecule has 4 nitrogen and oxygen atoms in total. The largest absolute Gasteiger partial charge is 0.478 e. The number of thioether (sulfide) groups is 1. The highest BCUT2D eigenvalue weighted by Crippen LogP contribution is 2.40. The monoisotopic (exact) mass is 304 g/mol. The highest BCUT2D eigenvalue weighted by atomic mass is 32.2. The summed E-state index contributed by atoms with van der Waals surface area (Å²) in [5.41, 5.74) is 1.92. The third-order valence-electron chi connectivity index (χ3n) is 4.19. The van der Waals surface area contributed by atoms with Gasteiger partial charge in [-0.15, -0.1) is 0 Å². The van der Waals surface area contributed by atoms with Crippen LogP contribution in [0.25, 0.3) is 11.0 Å². The maximum atomic E-state index is 11.5. The standard InChI is InChI=1S/C16H20N2O2S/c1-3-13-17-12-7-4-6-11(15(19)20)14(12)18(13)10-16(2)8-5-9-21-16/h4,6-7H,3,5,8-10H2,1-2H3,(H,19,20). The molecule has 5 heteroatoms. The first-order valence-corrected chi connectivity index (χ1v) is 8.38. The predicted molar refractivity (Wildman–Crippen MR) is 86.2 cm³/mol. The number of carboxylic acids is 1. The number of benzene rings is 1. The lowest BCUT2D eigenvalue weighted by atomic mass is 10.1. The van der Waals surface area contributed by atoms with Gasteiger partial charge in [-0.25, -0.2) is 9.78 Å². The van der Waals surface area contributed by atoms with Gasteiger partial charge in [-0.2, -0.15) is 11.8 Å². The van der Waals surface area contributed by atoms with Crippen molar-refractivity contribution in [3.8, 4) is 0 Å². The van der Waals surface area contributed by atoms with Crippen molar-refractivity contribution in [3.05, 3.63) is 29.6 Å². The lowest BCUT2D eigenvalue weighted by Gasteiger charge is -2.25. The van der Waals surface area contributed by atoms with Crippen LogP contribution >= 0.6 is 11.8 Å². The van der Waals surface area contributed by atoms with E-state index in [4.69, 9.17) is 0 Å². The summed E-state index contributed by atoms with van der Waals surface area (Å²) in [5.74, 6) is 1.29. The second-order valence-corrected chi connectivity index (χ2v) is 7.53. The first kappa shape index (κ1) is 14.4. The zero-order valence-electron chi connectivity index (χ0n) is 12.4. The van der Waals surface area contributed by atoms with E-state index in [1.54, 1.807) is 12.1 Å². The summed E-state index contributed by atoms with van der Waals surface area (Å²) in [6.45, 7) is 5.18. The predicted octanol–water partition coefficient (Wildman–Crippen LogP) is 3.58. The Morgan fingerprint density at radius 1 is 1.52 bits per heavy atom. The minimum Gasteiger partial charge on any atom is -0.478 e. The molecule has 1 fully saturated rings. The number of nitrogens with zero attached hydrogens (tertiary/aromatic N) is 2. The van der Waals surface area contributed by atoms with Crippen LogP contribution in [-0.2, 0) is 13.0 Å². The van der Waals surface area contributed by atoms with Crippen LogP contribution in [0.15, 0.2) is 18.2 Å². The van der Waals surface area contributed by atoms with Crippen molar-refractivity contribution in [2.45, 2.75) is 44.4 Å². The molecule has 0 saturated carbocycles. The van der Waals surface area contributed by atoms with Crippen molar-refractivity contribution in [1.29, 1.82) is 0 Å². The number of aryl methyl sites for hydroxylation is 1. The molecule has 112 valence electrons. The fourth-order valence-corrected chi connectivity index (χ4v) is 4.43. The number of aromatic nitrogens is 2. The number of imidazole rings is 1. The van der Waals surface area contributed by atoms with Crippen molar-refractivity contribution < 1.29 is 9.90 Å². The van der Waals surface area contributed by atoms with Crippen LogP contribution in [0.2, 0.25) is 0 Å². The van der Waals surface area contributed by atoms with Gasteiger partial charge in [0.05, 0.1) is 16.6 Å². The molecule has 3 rings (SSSR count). The number of hydrogen-bond acceptors (Lipinski definition) is 3. The normalized spacial score (nSPS) is 22.0. The number of carbonyl (C=O) groups is 1. The molecule has 1 aliphatic rings. The van der Waals surface area contributed by atoms with Crippen LogP contribution in [0.4, 0.5) is 0 Å². The molecule has 1 aliphatic heterocycles. The van der Waals surface area contributed by atoms with E-state index in [0.717, 1.165) is 29.8 Å². The van der Waals surface area contributed by atoms with Crippen molar-refractivity contribution in [3.63, 3.8) is 0 Å². The minimum atomic E-state index is -0.881. The van der Waals surface area contributed by atoms with E-state index in [0.29, 0.717) is 5.56 Å². The van der Waals surface area contributed by atoms with Gasteiger partial charge < -0.3 is 9.67 Å². The molecule has 0 aliphatic carbocycles. The van der Waals surface area contributed by atoms with Gasteiger partial charge in [0, 0.05) is 17.7 Å². The number of fused-ring (bicyclic) bond motifs is 1. The molecule has 1 atom stereocenters. The quantitative estimate of drug-likeness (QED) is 0.938. The molecule has 21 heavy (non-hydrogen) atoms. The lowest BCUT2D eigenvalue weighted by Crippen LogP contribution is -2.25. The van der Waals surface area contributed by atoms with Gasteiger partial charge in [-0.05, 0) is 37.7 Å². The van der Waals surface area contributed by atoms with Crippen molar-refractivity contribution in [2.75, 3.05) is 5.75 Å². The summed E-state index contributed by atoms with van der Waals surface area (Å²) in [4.78, 5) is 16.2. The smallest absolute Gasteiger partial charge is 0.337 e. The van der Waals surface area contributed by atoms with Crippen molar-refractivity contribution in [2.24, 2.45) is 0 Å². The highest BCUT2D eigenvalue weighted by Gasteiger charge is 2.31. The number of hydrogen-bond donors (Lipinski definition) is 1. The third kappa shape index (κ3) is 2.55. The average Bonchev–Trinajstić information content (AvgIpc) is 3.03. The van der Waals surface area contributed by atoms with E-state index < -0.39 is 5.97 Å². The summed E-state index contributed by atoms with van der Waals surface area (Å²) in [6.07, 6.45) is 3.23. The molecule has 0 amide bonds. The molecule has 0 radical (unpaired) electrons. The second-order valence-electron chi connectivity index (χ2n) is 5.85. The number of para-hydroxylation sites is 1. The van der Waals surface area contributed by atoms with E-state index in [1.165, 1.54) is 18.6 Å². The lowest BCUT2D eigenvalue weighted by molar-refractivity contribution is 0.0698. The number of carboxylic acid groups (broad SMARTS) is 1. The first-order chi connectivity index (χ1) is 10.0. The fraction of sp³-hybridized carbons (Fsp3) is 0.500. The Kier molecular flexibility index (Phi) is 3.69. The topological polar surface area (TPSA) is 55.1 Å². The molecule has 1 N–H and O–H groups in total. The molecule has 1 unspecified atom stereocenters. The van der Waals surface area contributed by atoms with Crippen LogP contribution in [0.5, 0.6) is 0 Å². The molecule has 1 aromatic heterocycles. The van der Waals surface area contributed by atoms with E-state index in [-0.39, 0.29) is 4.75 Å². The highest BCUT2D eigenvalue weighted by molar-refractivity contribution is 8.00. The van der Waals surface area contributed by atoms with Gasteiger partial charge in [-0.3, -0.25) is 0 Å². The first-order valence-electron chi connectivity index (χ1n) is 7.39. The maximum Gasteiger partial charge on any atom is 0.337 e. The van der Waals surface area contributed by atoms with Gasteiger partial charge in [-0.1, -0.05) is 13.0 Å². The van der Waals surface area contributed by atoms with E-state index in [9.17, 15) is 9.90 Å². The molecule has 1 aromatic carbocycles. The van der Waals surface area contributed by atoms with Crippen LogP contribution in [-0.4, -0.2) is 31.1 Å². The molecule has 2 aromatic rings. The Labute approximate surface area is 128 Å². The zero-order valence-corrected chi connectivity index (χ0v) is 13.2. The average molecular weight is 304 g/mol. The molecule has 0 bridgehead atoms. The Hall–Kier alpha value is -1.49. The van der Waals surface area contributed by atoms with Crippen LogP contribution in [0, 0.1) is 0 Å². The molecular formula is C16H20N2O2S. The van der Waals surface area contributed by atoms with Gasteiger partial charge >= 0.3 is 5.97 Å². The van der Waals surface area contributed by atoms with Gasteiger partial charge in [0.15, 0.2) is 0 Å². The summed E-state index contributed by atoms with van der Waals surface area (Å²) < 4.78 is 2.32. The van der Waals surface area contributed by atoms with Crippen LogP contribution in [0.3, 0.4) is 0 Å². The Morgan fingerprint density at radius 2 is 2.33 bits per heavy atom. The van der Waals surface area contributed by atoms with Crippen molar-refractivity contribution >= 4 is 28.8 Å². The fourth-order valence-electron chi connectivity index (χ4n) is 3.14. The Bertz CT molecular complexity index is 687. The SMILES string of the molecule is CCc1nc2cccc(C(=O)O)c2n1CC1(C)CCCS1. The molecule has 2 heterocycles. The Balaban J connectivity index is 2.16. The second kappa shape index (κ2) is 5.37. The van der Waals surface area contributed by atoms with Gasteiger partial charge in [0.2, 0.25) is 0 Å². The van der Waals surface area contributed by atoms with E-state index in [1.807, 2.05) is 17.8 Å². The van der Waals surface area contributed by atoms with Crippen LogP contribution < -0.4 is 0 Å². The maximum absolute atomic E-state index is 11.5. The summed E-state index contributed by atoms with van der Waals surface area (Å²) in [5, 5.41) is 9.47. The van der Waals surface area contributed by atoms with Gasteiger partial charge in [0.1, 0.15) is 5.82 Å². The van der Waals surface area contributed by atoms with Crippen LogP contribution in [0.1, 0.15) is 42.9 Å². The minimum absolute atomic E-state index is 0.184. The molecule has 1 saturated heterocycles. The molecule has 0 spiro atoms. The number of rotatable bonds is 4. The summed E-state index contributed by atoms with van der Waals surface area (Å²) in [6, 6.07) is 5.35. The summed E-state index contributed by atoms with van der Waals surface area (Å²) in [7, 11) is 0. The summed E-state index contributed by atoms with van der Waals surface area (Å²) >= 11 is 1.99. The zero-order chi connectivity index (χ0) is 15.0. The number of aromatic carboxylic acids is 1. The van der Waals surface area contributed by atoms with Crippen molar-refractivity contribution in [1.82, 2.24) is 9.55 Å². The Morgan fingerprint density at radius 3 is 2.95 bits per heavy atom.